The number of hydrogen-bond acceptors (Lipinski definition) is 5. The third-order valence-corrected chi connectivity index (χ3v) is 5.89. The molecule has 1 N–H and O–H groups in total. The highest BCUT2D eigenvalue weighted by Crippen LogP contribution is 2.21. The molecule has 0 radical (unpaired) electrons. The molecule has 0 atom stereocenters. The van der Waals surface area contributed by atoms with Crippen molar-refractivity contribution in [1.29, 1.82) is 0 Å². The van der Waals surface area contributed by atoms with Gasteiger partial charge >= 0.3 is 5.97 Å². The highest BCUT2D eigenvalue weighted by atomic mass is 32.2. The maximum absolute atomic E-state index is 12.6. The fraction of sp³-hybridized carbons (Fsp3) is 0.130. The molecule has 0 saturated carbocycles. The number of hydrazone groups is 1. The molecule has 0 aliphatic rings. The van der Waals surface area contributed by atoms with E-state index in [1.807, 2.05) is 25.1 Å². The van der Waals surface area contributed by atoms with E-state index in [-0.39, 0.29) is 4.90 Å². The maximum Gasteiger partial charge on any atom is 0.343 e. The molecule has 154 valence electrons. The molecular formula is C23H22N2O4S. The molecular weight excluding hydrogens is 400 g/mol. The predicted octanol–water partition coefficient (Wildman–Crippen LogP) is 4.14. The first-order chi connectivity index (χ1) is 14.3. The van der Waals surface area contributed by atoms with Crippen LogP contribution in [0.5, 0.6) is 5.75 Å². The van der Waals surface area contributed by atoms with Crippen LogP contribution in [0.2, 0.25) is 0 Å². The predicted molar refractivity (Wildman–Crippen MR) is 116 cm³/mol. The van der Waals surface area contributed by atoms with Crippen LogP contribution in [0, 0.1) is 20.8 Å². The van der Waals surface area contributed by atoms with Crippen molar-refractivity contribution in [3.63, 3.8) is 0 Å². The fourth-order valence-electron chi connectivity index (χ4n) is 3.17. The molecule has 0 aromatic heterocycles. The van der Waals surface area contributed by atoms with Gasteiger partial charge in [-0.1, -0.05) is 35.9 Å². The first kappa shape index (κ1) is 21.3. The molecule has 6 nitrogen and oxygen atoms in total. The van der Waals surface area contributed by atoms with Gasteiger partial charge in [-0.05, 0) is 73.9 Å². The number of benzene rings is 3. The van der Waals surface area contributed by atoms with Crippen molar-refractivity contribution in [2.45, 2.75) is 25.7 Å². The van der Waals surface area contributed by atoms with Crippen molar-refractivity contribution >= 4 is 22.2 Å². The van der Waals surface area contributed by atoms with Gasteiger partial charge in [0.15, 0.2) is 0 Å². The van der Waals surface area contributed by atoms with Gasteiger partial charge in [0.05, 0.1) is 16.7 Å². The molecule has 0 heterocycles. The molecule has 0 spiro atoms. The molecule has 7 heteroatoms. The number of rotatable bonds is 6. The zero-order chi connectivity index (χ0) is 21.7. The summed E-state index contributed by atoms with van der Waals surface area (Å²) >= 11 is 0. The van der Waals surface area contributed by atoms with Gasteiger partial charge in [0.1, 0.15) is 5.75 Å². The van der Waals surface area contributed by atoms with Crippen molar-refractivity contribution in [2.24, 2.45) is 5.10 Å². The number of sulfonamides is 1. The van der Waals surface area contributed by atoms with Crippen LogP contribution in [0.1, 0.15) is 32.6 Å². The molecule has 3 rings (SSSR count). The van der Waals surface area contributed by atoms with E-state index in [2.05, 4.69) is 9.93 Å². The third kappa shape index (κ3) is 5.12. The Morgan fingerprint density at radius 1 is 0.933 bits per heavy atom. The first-order valence-corrected chi connectivity index (χ1v) is 10.7. The minimum absolute atomic E-state index is 0.230. The van der Waals surface area contributed by atoms with Gasteiger partial charge < -0.3 is 4.74 Å². The van der Waals surface area contributed by atoms with Gasteiger partial charge in [-0.3, -0.25) is 0 Å². The molecule has 0 saturated heterocycles. The molecule has 0 amide bonds. The van der Waals surface area contributed by atoms with Crippen molar-refractivity contribution in [3.05, 3.63) is 94.5 Å². The van der Waals surface area contributed by atoms with E-state index in [0.717, 1.165) is 5.56 Å². The number of aryl methyl sites for hydroxylation is 3. The van der Waals surface area contributed by atoms with Gasteiger partial charge in [0.25, 0.3) is 10.0 Å². The van der Waals surface area contributed by atoms with Crippen LogP contribution in [0.15, 0.2) is 76.7 Å². The lowest BCUT2D eigenvalue weighted by Gasteiger charge is -2.11. The number of nitrogens with one attached hydrogen (secondary N) is 1. The average molecular weight is 423 g/mol. The normalized spacial score (nSPS) is 11.4. The highest BCUT2D eigenvalue weighted by molar-refractivity contribution is 7.89. The summed E-state index contributed by atoms with van der Waals surface area (Å²) in [4.78, 5) is 14.5. The topological polar surface area (TPSA) is 84.8 Å². The Morgan fingerprint density at radius 3 is 2.13 bits per heavy atom. The standard InChI is InChI=1S/C23H22N2O4S/c1-16-13-17(2)22(18(3)14-16)30(27,28)25-24-15-19-9-11-21(12-10-19)29-23(26)20-7-5-4-6-8-20/h4-15,25H,1-3H3/b24-15+. The Labute approximate surface area is 176 Å². The van der Waals surface area contributed by atoms with Crippen LogP contribution in [0.25, 0.3) is 0 Å². The monoisotopic (exact) mass is 422 g/mol. The second-order valence-electron chi connectivity index (χ2n) is 6.91. The first-order valence-electron chi connectivity index (χ1n) is 9.26. The van der Waals surface area contributed by atoms with E-state index < -0.39 is 16.0 Å². The van der Waals surface area contributed by atoms with Crippen molar-refractivity contribution in [1.82, 2.24) is 4.83 Å². The van der Waals surface area contributed by atoms with E-state index in [0.29, 0.717) is 28.0 Å². The van der Waals surface area contributed by atoms with Gasteiger partial charge in [-0.2, -0.15) is 13.5 Å². The number of hydrogen-bond donors (Lipinski definition) is 1. The van der Waals surface area contributed by atoms with E-state index in [9.17, 15) is 13.2 Å². The summed E-state index contributed by atoms with van der Waals surface area (Å²) in [5, 5.41) is 3.86. The largest absolute Gasteiger partial charge is 0.423 e. The Balaban J connectivity index is 1.66. The second-order valence-corrected chi connectivity index (χ2v) is 8.50. The van der Waals surface area contributed by atoms with Crippen LogP contribution < -0.4 is 9.57 Å². The molecule has 30 heavy (non-hydrogen) atoms. The number of carbonyl (C=O) groups is 1. The average Bonchev–Trinajstić information content (AvgIpc) is 2.69. The van der Waals surface area contributed by atoms with Crippen LogP contribution in [-0.4, -0.2) is 20.6 Å². The minimum atomic E-state index is -3.78. The van der Waals surface area contributed by atoms with Crippen LogP contribution in [-0.2, 0) is 10.0 Å². The molecule has 0 fully saturated rings. The van der Waals surface area contributed by atoms with E-state index in [1.165, 1.54) is 6.21 Å². The summed E-state index contributed by atoms with van der Waals surface area (Å²) in [6.07, 6.45) is 1.39. The molecule has 0 unspecified atom stereocenters. The minimum Gasteiger partial charge on any atom is -0.423 e. The summed E-state index contributed by atoms with van der Waals surface area (Å²) in [7, 11) is -3.78. The van der Waals surface area contributed by atoms with Crippen LogP contribution >= 0.6 is 0 Å². The molecule has 0 aliphatic heterocycles. The van der Waals surface area contributed by atoms with Gasteiger partial charge in [-0.25, -0.2) is 9.63 Å². The van der Waals surface area contributed by atoms with Gasteiger partial charge in [0, 0.05) is 0 Å². The van der Waals surface area contributed by atoms with Crippen molar-refractivity contribution in [3.8, 4) is 5.75 Å². The van der Waals surface area contributed by atoms with Crippen LogP contribution in [0.4, 0.5) is 0 Å². The smallest absolute Gasteiger partial charge is 0.343 e. The Morgan fingerprint density at radius 2 is 1.53 bits per heavy atom. The number of ether oxygens (including phenoxy) is 1. The third-order valence-electron chi connectivity index (χ3n) is 4.36. The second kappa shape index (κ2) is 8.92. The highest BCUT2D eigenvalue weighted by Gasteiger charge is 2.19. The molecule has 0 aliphatic carbocycles. The zero-order valence-corrected chi connectivity index (χ0v) is 17.7. The summed E-state index contributed by atoms with van der Waals surface area (Å²) < 4.78 is 30.5. The fourth-order valence-corrected chi connectivity index (χ4v) is 4.42. The van der Waals surface area contributed by atoms with Crippen molar-refractivity contribution < 1.29 is 17.9 Å². The summed E-state index contributed by atoms with van der Waals surface area (Å²) in [6.45, 7) is 5.43. The lowest BCUT2D eigenvalue weighted by Crippen LogP contribution is -2.20. The van der Waals surface area contributed by atoms with Gasteiger partial charge in [0.2, 0.25) is 0 Å². The molecule has 3 aromatic rings. The lowest BCUT2D eigenvalue weighted by molar-refractivity contribution is 0.0734. The quantitative estimate of drug-likeness (QED) is 0.280. The Bertz CT molecular complexity index is 1160. The molecule has 0 bridgehead atoms. The summed E-state index contributed by atoms with van der Waals surface area (Å²) in [5.74, 6) is -0.0684. The zero-order valence-electron chi connectivity index (χ0n) is 16.9. The van der Waals surface area contributed by atoms with E-state index in [4.69, 9.17) is 4.74 Å². The molecule has 3 aromatic carbocycles. The number of esters is 1. The van der Waals surface area contributed by atoms with E-state index in [1.54, 1.807) is 62.4 Å². The Hall–Kier alpha value is -3.45. The Kier molecular flexibility index (Phi) is 6.32. The van der Waals surface area contributed by atoms with E-state index >= 15 is 0 Å². The summed E-state index contributed by atoms with van der Waals surface area (Å²) in [5.41, 5.74) is 3.44. The van der Waals surface area contributed by atoms with Gasteiger partial charge in [-0.15, -0.1) is 0 Å². The van der Waals surface area contributed by atoms with Crippen molar-refractivity contribution in [2.75, 3.05) is 0 Å². The lowest BCUT2D eigenvalue weighted by atomic mass is 10.1. The van der Waals surface area contributed by atoms with Crippen LogP contribution in [0.3, 0.4) is 0 Å². The SMILES string of the molecule is Cc1cc(C)c(S(=O)(=O)N/N=C/c2ccc(OC(=O)c3ccccc3)cc2)c(C)c1. The number of nitrogens with zero attached hydrogens (tertiary/aromatic N) is 1. The maximum atomic E-state index is 12.6. The summed E-state index contributed by atoms with van der Waals surface area (Å²) in [6, 6.07) is 18.9. The number of carbonyl (C=O) groups excluding carboxylic acids is 1.